The van der Waals surface area contributed by atoms with Gasteiger partial charge in [0.25, 0.3) is 5.91 Å². The Labute approximate surface area is 135 Å². The summed E-state index contributed by atoms with van der Waals surface area (Å²) in [6.07, 6.45) is 5.13. The molecule has 2 aliphatic heterocycles. The number of rotatable bonds is 5. The van der Waals surface area contributed by atoms with E-state index in [0.717, 1.165) is 30.4 Å². The second-order valence-electron chi connectivity index (χ2n) is 6.13. The molecule has 2 saturated heterocycles. The minimum Gasteiger partial charge on any atom is -0.468 e. The monoisotopic (exact) mass is 324 g/mol. The van der Waals surface area contributed by atoms with E-state index in [4.69, 9.17) is 4.42 Å². The van der Waals surface area contributed by atoms with Crippen molar-refractivity contribution in [2.24, 2.45) is 0 Å². The number of aliphatic hydroxyl groups is 1. The van der Waals surface area contributed by atoms with Crippen molar-refractivity contribution in [2.75, 3.05) is 31.1 Å². The third kappa shape index (κ3) is 3.50. The zero-order chi connectivity index (χ0) is 15.4. The lowest BCUT2D eigenvalue weighted by Gasteiger charge is -2.32. The average molecular weight is 324 g/mol. The Morgan fingerprint density at radius 2 is 2.14 bits per heavy atom. The summed E-state index contributed by atoms with van der Waals surface area (Å²) in [6, 6.07) is 3.90. The average Bonchev–Trinajstić information content (AvgIpc) is 3.22. The molecule has 2 aliphatic rings. The number of nitrogens with one attached hydrogen (secondary N) is 1. The molecule has 0 aliphatic carbocycles. The van der Waals surface area contributed by atoms with E-state index in [1.807, 2.05) is 12.1 Å². The molecule has 1 aromatic heterocycles. The molecule has 0 radical (unpaired) electrons. The Morgan fingerprint density at radius 1 is 1.41 bits per heavy atom. The first-order chi connectivity index (χ1) is 10.7. The van der Waals surface area contributed by atoms with Crippen LogP contribution in [0.15, 0.2) is 22.8 Å². The summed E-state index contributed by atoms with van der Waals surface area (Å²) < 4.78 is 5.55. The summed E-state index contributed by atoms with van der Waals surface area (Å²) in [5.41, 5.74) is -1.19. The number of nitrogens with zero attached hydrogens (tertiary/aromatic N) is 1. The molecule has 1 atom stereocenters. The van der Waals surface area contributed by atoms with Crippen LogP contribution in [0, 0.1) is 0 Å². The van der Waals surface area contributed by atoms with Gasteiger partial charge in [-0.3, -0.25) is 9.69 Å². The number of carbonyl (C=O) groups is 1. The van der Waals surface area contributed by atoms with E-state index >= 15 is 0 Å². The van der Waals surface area contributed by atoms with Crippen molar-refractivity contribution in [2.45, 2.75) is 37.3 Å². The van der Waals surface area contributed by atoms with E-state index in [9.17, 15) is 9.90 Å². The first kappa shape index (κ1) is 15.9. The molecule has 22 heavy (non-hydrogen) atoms. The van der Waals surface area contributed by atoms with Gasteiger partial charge in [0.15, 0.2) is 0 Å². The Kier molecular flexibility index (Phi) is 5.10. The lowest BCUT2D eigenvalue weighted by atomic mass is 9.95. The van der Waals surface area contributed by atoms with Gasteiger partial charge in [-0.2, -0.15) is 11.8 Å². The Morgan fingerprint density at radius 3 is 2.77 bits per heavy atom. The zero-order valence-electron chi connectivity index (χ0n) is 12.8. The Hall–Kier alpha value is -0.980. The lowest BCUT2D eigenvalue weighted by Crippen LogP contribution is -2.50. The van der Waals surface area contributed by atoms with E-state index in [1.165, 1.54) is 12.8 Å². The molecule has 1 aromatic rings. The molecule has 0 spiro atoms. The fraction of sp³-hybridized carbons (Fsp3) is 0.688. The minimum absolute atomic E-state index is 0.0583. The molecule has 122 valence electrons. The predicted molar refractivity (Wildman–Crippen MR) is 86.8 cm³/mol. The van der Waals surface area contributed by atoms with E-state index in [1.54, 1.807) is 18.0 Å². The Balaban J connectivity index is 1.62. The molecule has 6 heteroatoms. The van der Waals surface area contributed by atoms with Gasteiger partial charge in [-0.25, -0.2) is 0 Å². The number of hydrogen-bond acceptors (Lipinski definition) is 5. The maximum Gasteiger partial charge on any atom is 0.252 e. The Bertz CT molecular complexity index is 480. The third-order valence-electron chi connectivity index (χ3n) is 4.65. The van der Waals surface area contributed by atoms with Crippen LogP contribution in [0.5, 0.6) is 0 Å². The molecular formula is C16H24N2O3S. The van der Waals surface area contributed by atoms with Crippen molar-refractivity contribution in [3.63, 3.8) is 0 Å². The van der Waals surface area contributed by atoms with Gasteiger partial charge >= 0.3 is 0 Å². The number of carbonyl (C=O) groups excluding carboxylic acids is 1. The molecule has 2 fully saturated rings. The SMILES string of the molecule is O=C(NCC(c1ccco1)N1CCCC1)C1(O)CCSCC1. The first-order valence-corrected chi connectivity index (χ1v) is 9.20. The topological polar surface area (TPSA) is 65.7 Å². The number of amides is 1. The van der Waals surface area contributed by atoms with Gasteiger partial charge < -0.3 is 14.8 Å². The quantitative estimate of drug-likeness (QED) is 0.864. The second-order valence-corrected chi connectivity index (χ2v) is 7.35. The molecule has 3 heterocycles. The van der Waals surface area contributed by atoms with Crippen molar-refractivity contribution in [3.05, 3.63) is 24.2 Å². The van der Waals surface area contributed by atoms with Crippen LogP contribution in [0.3, 0.4) is 0 Å². The molecule has 0 bridgehead atoms. The second kappa shape index (κ2) is 7.06. The van der Waals surface area contributed by atoms with Crippen LogP contribution < -0.4 is 5.32 Å². The smallest absolute Gasteiger partial charge is 0.252 e. The van der Waals surface area contributed by atoms with Crippen LogP contribution in [-0.4, -0.2) is 52.7 Å². The summed E-state index contributed by atoms with van der Waals surface area (Å²) in [4.78, 5) is 14.7. The molecular weight excluding hydrogens is 300 g/mol. The third-order valence-corrected chi connectivity index (χ3v) is 5.64. The van der Waals surface area contributed by atoms with Gasteiger partial charge in [0.1, 0.15) is 11.4 Å². The molecule has 0 aromatic carbocycles. The zero-order valence-corrected chi connectivity index (χ0v) is 13.6. The van der Waals surface area contributed by atoms with Gasteiger partial charge in [-0.15, -0.1) is 0 Å². The molecule has 1 unspecified atom stereocenters. The largest absolute Gasteiger partial charge is 0.468 e. The van der Waals surface area contributed by atoms with Crippen LogP contribution in [-0.2, 0) is 4.79 Å². The summed E-state index contributed by atoms with van der Waals surface area (Å²) in [5.74, 6) is 2.34. The molecule has 5 nitrogen and oxygen atoms in total. The highest BCUT2D eigenvalue weighted by atomic mass is 32.2. The number of likely N-dealkylation sites (tertiary alicyclic amines) is 1. The maximum absolute atomic E-state index is 12.4. The van der Waals surface area contributed by atoms with Crippen molar-refractivity contribution in [1.82, 2.24) is 10.2 Å². The highest BCUT2D eigenvalue weighted by molar-refractivity contribution is 7.99. The summed E-state index contributed by atoms with van der Waals surface area (Å²) in [5, 5.41) is 13.4. The van der Waals surface area contributed by atoms with Gasteiger partial charge in [0.05, 0.1) is 12.3 Å². The first-order valence-electron chi connectivity index (χ1n) is 8.05. The standard InChI is InChI=1S/C16H24N2O3S/c19-15(16(20)5-10-22-11-6-16)17-12-13(14-4-3-9-21-14)18-7-1-2-8-18/h3-4,9,13,20H,1-2,5-8,10-12H2,(H,17,19). The fourth-order valence-electron chi connectivity index (χ4n) is 3.23. The van der Waals surface area contributed by atoms with E-state index < -0.39 is 5.60 Å². The van der Waals surface area contributed by atoms with E-state index in [-0.39, 0.29) is 11.9 Å². The highest BCUT2D eigenvalue weighted by Gasteiger charge is 2.38. The van der Waals surface area contributed by atoms with Gasteiger partial charge in [-0.1, -0.05) is 0 Å². The van der Waals surface area contributed by atoms with Crippen molar-refractivity contribution >= 4 is 17.7 Å². The minimum atomic E-state index is -1.19. The summed E-state index contributed by atoms with van der Waals surface area (Å²) in [7, 11) is 0. The van der Waals surface area contributed by atoms with Crippen molar-refractivity contribution < 1.29 is 14.3 Å². The number of hydrogen-bond donors (Lipinski definition) is 2. The number of thioether (sulfide) groups is 1. The molecule has 2 N–H and O–H groups in total. The van der Waals surface area contributed by atoms with E-state index in [2.05, 4.69) is 10.2 Å². The van der Waals surface area contributed by atoms with Gasteiger partial charge in [0.2, 0.25) is 0 Å². The van der Waals surface area contributed by atoms with Crippen molar-refractivity contribution in [3.8, 4) is 0 Å². The van der Waals surface area contributed by atoms with Crippen LogP contribution in [0.25, 0.3) is 0 Å². The molecule has 3 rings (SSSR count). The van der Waals surface area contributed by atoms with Crippen LogP contribution in [0.2, 0.25) is 0 Å². The lowest BCUT2D eigenvalue weighted by molar-refractivity contribution is -0.140. The van der Waals surface area contributed by atoms with Crippen LogP contribution in [0.4, 0.5) is 0 Å². The van der Waals surface area contributed by atoms with Crippen LogP contribution >= 0.6 is 11.8 Å². The normalized spacial score (nSPS) is 23.3. The van der Waals surface area contributed by atoms with Crippen LogP contribution in [0.1, 0.15) is 37.5 Å². The van der Waals surface area contributed by atoms with Crippen molar-refractivity contribution in [1.29, 1.82) is 0 Å². The molecule has 1 amide bonds. The van der Waals surface area contributed by atoms with E-state index in [0.29, 0.717) is 19.4 Å². The van der Waals surface area contributed by atoms with Gasteiger partial charge in [-0.05, 0) is 62.4 Å². The predicted octanol–water partition coefficient (Wildman–Crippen LogP) is 1.79. The fourth-order valence-corrected chi connectivity index (χ4v) is 4.40. The van der Waals surface area contributed by atoms with Gasteiger partial charge in [0, 0.05) is 6.54 Å². The number of furan rings is 1. The maximum atomic E-state index is 12.4. The molecule has 0 saturated carbocycles. The summed E-state index contributed by atoms with van der Waals surface area (Å²) in [6.45, 7) is 2.55. The summed E-state index contributed by atoms with van der Waals surface area (Å²) >= 11 is 1.79. The highest BCUT2D eigenvalue weighted by Crippen LogP contribution is 2.28.